The maximum atomic E-state index is 12.9. The Morgan fingerprint density at radius 2 is 1.81 bits per heavy atom. The van der Waals surface area contributed by atoms with Crippen LogP contribution in [0, 0.1) is 11.3 Å². The minimum Gasteiger partial charge on any atom is -0.334 e. The molecule has 1 aliphatic rings. The van der Waals surface area contributed by atoms with Gasteiger partial charge in [-0.1, -0.05) is 39.7 Å². The Bertz CT molecular complexity index is 970. The third-order valence-electron chi connectivity index (χ3n) is 5.78. The molecule has 8 heteroatoms. The molecular formula is C23H32N4O3S. The SMILES string of the molecule is CC(C)(C)C1CCCCC1NS(=O)(=O)c1ccc(NC(=O)NCc2cccnc2)cc1. The molecule has 1 aromatic carbocycles. The number of carbonyl (C=O) groups is 1. The number of aromatic nitrogens is 1. The molecule has 2 aromatic rings. The molecule has 0 spiro atoms. The fourth-order valence-electron chi connectivity index (χ4n) is 4.15. The minimum absolute atomic E-state index is 0.0462. The summed E-state index contributed by atoms with van der Waals surface area (Å²) in [6.07, 6.45) is 7.43. The maximum absolute atomic E-state index is 12.9. The molecule has 1 heterocycles. The van der Waals surface area contributed by atoms with Crippen molar-refractivity contribution in [2.24, 2.45) is 11.3 Å². The van der Waals surface area contributed by atoms with Crippen molar-refractivity contribution in [2.45, 2.75) is 63.9 Å². The highest BCUT2D eigenvalue weighted by atomic mass is 32.2. The van der Waals surface area contributed by atoms with E-state index in [2.05, 4.69) is 41.1 Å². The van der Waals surface area contributed by atoms with Gasteiger partial charge in [-0.25, -0.2) is 17.9 Å². The molecule has 168 valence electrons. The van der Waals surface area contributed by atoms with Gasteiger partial charge in [0.05, 0.1) is 4.90 Å². The van der Waals surface area contributed by atoms with Gasteiger partial charge in [0.1, 0.15) is 0 Å². The quantitative estimate of drug-likeness (QED) is 0.619. The molecule has 3 N–H and O–H groups in total. The second-order valence-electron chi connectivity index (χ2n) is 9.18. The summed E-state index contributed by atoms with van der Waals surface area (Å²) in [7, 11) is -3.63. The van der Waals surface area contributed by atoms with Gasteiger partial charge in [-0.05, 0) is 60.1 Å². The standard InChI is InChI=1S/C23H32N4O3S/c1-23(2,3)20-8-4-5-9-21(20)27-31(29,30)19-12-10-18(11-13-19)26-22(28)25-16-17-7-6-14-24-15-17/h6-7,10-15,20-21,27H,4-5,8-9,16H2,1-3H3,(H2,25,26,28). The van der Waals surface area contributed by atoms with E-state index in [1.54, 1.807) is 30.6 Å². The molecule has 2 atom stereocenters. The Morgan fingerprint density at radius 1 is 1.10 bits per heavy atom. The van der Waals surface area contributed by atoms with Crippen molar-refractivity contribution >= 4 is 21.7 Å². The summed E-state index contributed by atoms with van der Waals surface area (Å²) in [6, 6.07) is 9.49. The largest absolute Gasteiger partial charge is 0.334 e. The number of amides is 2. The highest BCUT2D eigenvalue weighted by molar-refractivity contribution is 7.89. The normalized spacial score (nSPS) is 19.6. The second-order valence-corrected chi connectivity index (χ2v) is 10.9. The van der Waals surface area contributed by atoms with Crippen LogP contribution in [0.5, 0.6) is 0 Å². The maximum Gasteiger partial charge on any atom is 0.319 e. The molecule has 1 aromatic heterocycles. The molecule has 0 bridgehead atoms. The average Bonchev–Trinajstić information content (AvgIpc) is 2.73. The number of urea groups is 1. The third kappa shape index (κ3) is 6.51. The molecule has 1 saturated carbocycles. The van der Waals surface area contributed by atoms with Crippen LogP contribution in [-0.4, -0.2) is 25.5 Å². The Kier molecular flexibility index (Phi) is 7.33. The van der Waals surface area contributed by atoms with Gasteiger partial charge >= 0.3 is 6.03 Å². The van der Waals surface area contributed by atoms with Crippen molar-refractivity contribution in [3.8, 4) is 0 Å². The van der Waals surface area contributed by atoms with Crippen LogP contribution in [0.3, 0.4) is 0 Å². The van der Waals surface area contributed by atoms with Crippen LogP contribution in [0.1, 0.15) is 52.0 Å². The van der Waals surface area contributed by atoms with Crippen molar-refractivity contribution in [3.63, 3.8) is 0 Å². The van der Waals surface area contributed by atoms with E-state index >= 15 is 0 Å². The highest BCUT2D eigenvalue weighted by Gasteiger charge is 2.36. The number of hydrogen-bond donors (Lipinski definition) is 3. The molecule has 0 saturated heterocycles. The van der Waals surface area contributed by atoms with Gasteiger partial charge in [-0.15, -0.1) is 0 Å². The monoisotopic (exact) mass is 444 g/mol. The van der Waals surface area contributed by atoms with E-state index in [-0.39, 0.29) is 22.4 Å². The molecule has 1 aliphatic carbocycles. The van der Waals surface area contributed by atoms with Crippen molar-refractivity contribution in [1.29, 1.82) is 0 Å². The van der Waals surface area contributed by atoms with Crippen LogP contribution in [0.4, 0.5) is 10.5 Å². The topological polar surface area (TPSA) is 100 Å². The number of pyridine rings is 1. The van der Waals surface area contributed by atoms with E-state index in [1.807, 2.05) is 6.07 Å². The second kappa shape index (κ2) is 9.78. The van der Waals surface area contributed by atoms with Gasteiger partial charge in [-0.3, -0.25) is 4.98 Å². The number of nitrogens with zero attached hydrogens (tertiary/aromatic N) is 1. The van der Waals surface area contributed by atoms with E-state index in [9.17, 15) is 13.2 Å². The number of anilines is 1. The van der Waals surface area contributed by atoms with Gasteiger partial charge in [0.15, 0.2) is 0 Å². The Hall–Kier alpha value is -2.45. The fraction of sp³-hybridized carbons (Fsp3) is 0.478. The van der Waals surface area contributed by atoms with E-state index in [4.69, 9.17) is 0 Å². The van der Waals surface area contributed by atoms with E-state index in [1.165, 1.54) is 12.1 Å². The van der Waals surface area contributed by atoms with Gasteiger partial charge in [-0.2, -0.15) is 0 Å². The molecule has 0 aliphatic heterocycles. The van der Waals surface area contributed by atoms with Crippen molar-refractivity contribution in [1.82, 2.24) is 15.0 Å². The van der Waals surface area contributed by atoms with Crippen LogP contribution in [-0.2, 0) is 16.6 Å². The van der Waals surface area contributed by atoms with Crippen molar-refractivity contribution in [2.75, 3.05) is 5.32 Å². The van der Waals surface area contributed by atoms with Gasteiger partial charge in [0.2, 0.25) is 10.0 Å². The first-order chi connectivity index (χ1) is 14.6. The highest BCUT2D eigenvalue weighted by Crippen LogP contribution is 2.38. The first-order valence-electron chi connectivity index (χ1n) is 10.7. The number of hydrogen-bond acceptors (Lipinski definition) is 4. The third-order valence-corrected chi connectivity index (χ3v) is 7.29. The predicted molar refractivity (Wildman–Crippen MR) is 122 cm³/mol. The first kappa shape index (κ1) is 23.2. The van der Waals surface area contributed by atoms with E-state index in [0.717, 1.165) is 31.2 Å². The lowest BCUT2D eigenvalue weighted by Crippen LogP contribution is -2.46. The summed E-state index contributed by atoms with van der Waals surface area (Å²) < 4.78 is 28.8. The van der Waals surface area contributed by atoms with Crippen molar-refractivity contribution < 1.29 is 13.2 Å². The number of benzene rings is 1. The van der Waals surface area contributed by atoms with E-state index in [0.29, 0.717) is 18.2 Å². The van der Waals surface area contributed by atoms with Crippen LogP contribution >= 0.6 is 0 Å². The summed E-state index contributed by atoms with van der Waals surface area (Å²) in [5.41, 5.74) is 1.46. The van der Waals surface area contributed by atoms with Crippen LogP contribution in [0.2, 0.25) is 0 Å². The molecule has 2 amide bonds. The van der Waals surface area contributed by atoms with Crippen molar-refractivity contribution in [3.05, 3.63) is 54.4 Å². The first-order valence-corrected chi connectivity index (χ1v) is 12.2. The van der Waals surface area contributed by atoms with Gasteiger partial charge < -0.3 is 10.6 Å². The lowest BCUT2D eigenvalue weighted by molar-refractivity contribution is 0.144. The number of rotatable bonds is 6. The molecule has 7 nitrogen and oxygen atoms in total. The van der Waals surface area contributed by atoms with Crippen LogP contribution in [0.15, 0.2) is 53.7 Å². The molecular weight excluding hydrogens is 412 g/mol. The van der Waals surface area contributed by atoms with Crippen LogP contribution in [0.25, 0.3) is 0 Å². The minimum atomic E-state index is -3.63. The fourth-order valence-corrected chi connectivity index (χ4v) is 5.46. The number of nitrogens with one attached hydrogen (secondary N) is 3. The molecule has 31 heavy (non-hydrogen) atoms. The van der Waals surface area contributed by atoms with E-state index < -0.39 is 10.0 Å². The smallest absolute Gasteiger partial charge is 0.319 e. The molecule has 2 unspecified atom stereocenters. The molecule has 3 rings (SSSR count). The summed E-state index contributed by atoms with van der Waals surface area (Å²) >= 11 is 0. The molecule has 0 radical (unpaired) electrons. The predicted octanol–water partition coefficient (Wildman–Crippen LogP) is 4.29. The Labute approximate surface area is 185 Å². The molecule has 1 fully saturated rings. The Balaban J connectivity index is 1.59. The number of carbonyl (C=O) groups excluding carboxylic acids is 1. The lowest BCUT2D eigenvalue weighted by atomic mass is 9.70. The number of sulfonamides is 1. The summed E-state index contributed by atoms with van der Waals surface area (Å²) in [5.74, 6) is 0.306. The summed E-state index contributed by atoms with van der Waals surface area (Å²) in [5, 5.41) is 5.46. The van der Waals surface area contributed by atoms with Gasteiger partial charge in [0.25, 0.3) is 0 Å². The zero-order valence-corrected chi connectivity index (χ0v) is 19.2. The zero-order valence-electron chi connectivity index (χ0n) is 18.4. The Morgan fingerprint density at radius 3 is 2.45 bits per heavy atom. The van der Waals surface area contributed by atoms with Crippen LogP contribution < -0.4 is 15.4 Å². The summed E-state index contributed by atoms with van der Waals surface area (Å²) in [6.45, 7) is 6.87. The lowest BCUT2D eigenvalue weighted by Gasteiger charge is -2.40. The zero-order chi connectivity index (χ0) is 22.5. The average molecular weight is 445 g/mol. The summed E-state index contributed by atoms with van der Waals surface area (Å²) in [4.78, 5) is 16.3. The van der Waals surface area contributed by atoms with Gasteiger partial charge in [0, 0.05) is 30.7 Å².